The Bertz CT molecular complexity index is 5390. The molecule has 0 amide bonds. The maximum atomic E-state index is 7.61. The fourth-order valence-corrected chi connectivity index (χ4v) is 14.9. The van der Waals surface area contributed by atoms with Crippen LogP contribution in [0.2, 0.25) is 90.4 Å². The Morgan fingerprint density at radius 2 is 0.538 bits per heavy atom. The normalized spacial score (nSPS) is 11.7. The third-order valence-corrected chi connectivity index (χ3v) is 20.7. The second-order valence-electron chi connectivity index (χ2n) is 19.5. The van der Waals surface area contributed by atoms with E-state index in [1.807, 2.05) is 42.5 Å². The van der Waals surface area contributed by atoms with Crippen LogP contribution in [-0.4, -0.2) is 29.9 Å². The van der Waals surface area contributed by atoms with Gasteiger partial charge in [-0.1, -0.05) is 276 Å². The fraction of sp³-hybridized carbons (Fsp3) is 0. The Morgan fingerprint density at radius 1 is 0.247 bits per heavy atom. The fourth-order valence-electron chi connectivity index (χ4n) is 10.1. The van der Waals surface area contributed by atoms with Gasteiger partial charge in [0.2, 0.25) is 0 Å². The molecule has 0 saturated heterocycles. The van der Waals surface area contributed by atoms with Crippen LogP contribution >= 0.6 is 209 Å². The van der Waals surface area contributed by atoms with Gasteiger partial charge in [-0.15, -0.1) is 0 Å². The summed E-state index contributed by atoms with van der Waals surface area (Å²) in [4.78, 5) is 40.0. The van der Waals surface area contributed by atoms with Crippen LogP contribution in [-0.2, 0) is 19.5 Å². The monoisotopic (exact) mass is 1630 g/mol. The van der Waals surface area contributed by atoms with Crippen molar-refractivity contribution in [2.45, 2.75) is 0 Å². The van der Waals surface area contributed by atoms with E-state index in [0.717, 1.165) is 5.56 Å². The first-order valence-electron chi connectivity index (χ1n) is 25.8. The van der Waals surface area contributed by atoms with E-state index in [-0.39, 0.29) is 240 Å². The van der Waals surface area contributed by atoms with Crippen molar-refractivity contribution in [1.82, 2.24) is 39.9 Å². The third kappa shape index (κ3) is 11.4. The van der Waals surface area contributed by atoms with Gasteiger partial charge >= 0.3 is 19.5 Å². The molecule has 3 aromatic heterocycles. The number of ether oxygens (including phenoxy) is 4. The smallest absolute Gasteiger partial charge is 0.453 e. The van der Waals surface area contributed by atoms with Gasteiger partial charge in [0.1, 0.15) is 25.8 Å². The predicted molar refractivity (Wildman–Crippen MR) is 376 cm³/mol. The Balaban J connectivity index is 0.00000787. The maximum Gasteiger partial charge on any atom is 2.00 e. The summed E-state index contributed by atoms with van der Waals surface area (Å²) in [6, 6.07) is 30.7. The van der Waals surface area contributed by atoms with Crippen LogP contribution in [0.25, 0.3) is 101 Å². The van der Waals surface area contributed by atoms with Gasteiger partial charge in [-0.25, -0.2) is 9.97 Å². The molecular formula is C62H18Cl18N8O4Zn. The van der Waals surface area contributed by atoms with Crippen LogP contribution in [0.5, 0.6) is 46.0 Å². The first-order chi connectivity index (χ1) is 44.1. The van der Waals surface area contributed by atoms with E-state index in [1.54, 1.807) is 30.3 Å². The number of hydrogen-bond donors (Lipinski definition) is 0. The number of halogens is 18. The molecule has 458 valence electrons. The molecule has 14 rings (SSSR count). The quantitative estimate of drug-likeness (QED) is 0.100. The SMILES string of the molecule is Clc1cccc(Cl)c1Oc1c(Cl)c(Cl)c2c(c1Cl)-c1nc-2nc2[n-]c(nc3nc(nc4[n-]c(n1)c1c(Cl)c(Cl)c(Oc5c(Cl)cccc5Cl)c(Cl)c41)-c1c(Cl)c(Cl)c(Oc4ccccc4-c4ccccc4)c(Cl)c1-3)c1c(Cl)c(Oc3c(Cl)cccc3Cl)c(Cl)c(Cl)c21.[Zn+2]. The molecule has 93 heavy (non-hydrogen) atoms. The molecule has 12 aromatic rings. The standard InChI is InChI=1S/C62H18Cl18N8O4.Zn/c63-21-12-6-13-22(64)48(21)90-52-41(74)33-29(37(70)45(52)78)55-81-56-30-35(43(76)54(46(79)38(30)71)92-50-25(67)16-8-17-26(50)68)62(83-56)88-59-32-28(36(69)44(77)51(40(32)73)89-27-18-5-4-11-20(27)19-9-2-1-3-10-19)57(84-59)85-61-34-31(58(87-61)86-60(33)82-55)39(72)47(80)53(42(34)75)91-49-23(65)14-7-15-24(49)66;/h1-18H;/q-2;+2. The minimum absolute atomic E-state index is 0. The zero-order valence-electron chi connectivity index (χ0n) is 45.1. The average Bonchev–Trinajstić information content (AvgIpc) is 1.59. The molecule has 2 aliphatic heterocycles. The van der Waals surface area contributed by atoms with Crippen molar-refractivity contribution in [3.63, 3.8) is 0 Å². The van der Waals surface area contributed by atoms with Gasteiger partial charge in [-0.05, 0) is 48.0 Å². The van der Waals surface area contributed by atoms with Gasteiger partial charge < -0.3 is 48.9 Å². The largest absolute Gasteiger partial charge is 2.00 e. The number of fused-ring (bicyclic) bond motifs is 20. The first kappa shape index (κ1) is 67.0. The van der Waals surface area contributed by atoms with Gasteiger partial charge in [0, 0.05) is 72.0 Å². The van der Waals surface area contributed by atoms with E-state index in [2.05, 4.69) is 0 Å². The van der Waals surface area contributed by atoms with Crippen molar-refractivity contribution in [3.8, 4) is 103 Å². The molecule has 12 nitrogen and oxygen atoms in total. The molecule has 0 radical (unpaired) electrons. The van der Waals surface area contributed by atoms with Crippen molar-refractivity contribution in [2.24, 2.45) is 0 Å². The number of benzene rings is 9. The summed E-state index contributed by atoms with van der Waals surface area (Å²) >= 11 is 128. The van der Waals surface area contributed by atoms with E-state index in [9.17, 15) is 0 Å². The van der Waals surface area contributed by atoms with E-state index in [1.165, 1.54) is 36.4 Å². The maximum absolute atomic E-state index is 7.61. The van der Waals surface area contributed by atoms with Gasteiger partial charge in [0.15, 0.2) is 40.2 Å². The Morgan fingerprint density at radius 3 is 0.903 bits per heavy atom. The van der Waals surface area contributed by atoms with Crippen LogP contribution in [0, 0.1) is 0 Å². The van der Waals surface area contributed by atoms with Crippen molar-refractivity contribution in [1.29, 1.82) is 0 Å². The molecule has 0 atom stereocenters. The van der Waals surface area contributed by atoms with E-state index in [4.69, 9.17) is 268 Å². The van der Waals surface area contributed by atoms with E-state index in [0.29, 0.717) is 11.3 Å². The molecular weight excluding hydrogens is 1620 g/mol. The summed E-state index contributed by atoms with van der Waals surface area (Å²) in [5.74, 6) is -1.52. The Labute approximate surface area is 626 Å². The van der Waals surface area contributed by atoms with Crippen LogP contribution in [0.4, 0.5) is 0 Å². The van der Waals surface area contributed by atoms with Crippen molar-refractivity contribution < 1.29 is 38.4 Å². The first-order valence-corrected chi connectivity index (χ1v) is 32.6. The van der Waals surface area contributed by atoms with Gasteiger partial charge in [-0.2, -0.15) is 0 Å². The molecule has 8 bridgehead atoms. The number of para-hydroxylation sites is 4. The molecule has 0 fully saturated rings. The molecule has 0 unspecified atom stereocenters. The zero-order chi connectivity index (χ0) is 64.6. The molecule has 9 aromatic carbocycles. The van der Waals surface area contributed by atoms with Gasteiger partial charge in [-0.3, -0.25) is 0 Å². The topological polar surface area (TPSA) is 142 Å². The second kappa shape index (κ2) is 26.3. The molecule has 0 N–H and O–H groups in total. The van der Waals surface area contributed by atoms with Gasteiger partial charge in [0.05, 0.1) is 93.6 Å². The minimum Gasteiger partial charge on any atom is -0.453 e. The predicted octanol–water partition coefficient (Wildman–Crippen LogP) is 26.7. The molecule has 0 spiro atoms. The summed E-state index contributed by atoms with van der Waals surface area (Å²) < 4.78 is 25.7. The molecule has 0 aliphatic carbocycles. The second-order valence-corrected chi connectivity index (χ2v) is 26.5. The van der Waals surface area contributed by atoms with Crippen molar-refractivity contribution in [3.05, 3.63) is 200 Å². The Hall–Kier alpha value is -4.62. The zero-order valence-corrected chi connectivity index (χ0v) is 61.7. The summed E-state index contributed by atoms with van der Waals surface area (Å²) in [5.41, 5.74) is 0.456. The summed E-state index contributed by atoms with van der Waals surface area (Å²) in [6.07, 6.45) is 0. The Kier molecular flexibility index (Phi) is 19.0. The molecule has 2 aliphatic rings. The van der Waals surface area contributed by atoms with Crippen LogP contribution < -0.4 is 28.9 Å². The minimum atomic E-state index is -0.251. The van der Waals surface area contributed by atoms with E-state index >= 15 is 0 Å². The van der Waals surface area contributed by atoms with Gasteiger partial charge in [0.25, 0.3) is 0 Å². The molecule has 5 heterocycles. The number of aromatic nitrogens is 8. The van der Waals surface area contributed by atoms with Crippen LogP contribution in [0.15, 0.2) is 109 Å². The summed E-state index contributed by atoms with van der Waals surface area (Å²) in [6.45, 7) is 0. The summed E-state index contributed by atoms with van der Waals surface area (Å²) in [7, 11) is 0. The number of hydrogen-bond acceptors (Lipinski definition) is 10. The number of nitrogens with zero attached hydrogens (tertiary/aromatic N) is 8. The molecule has 31 heteroatoms. The third-order valence-electron chi connectivity index (χ3n) is 14.2. The van der Waals surface area contributed by atoms with Crippen LogP contribution in [0.1, 0.15) is 0 Å². The van der Waals surface area contributed by atoms with Crippen LogP contribution in [0.3, 0.4) is 0 Å². The molecule has 0 saturated carbocycles. The van der Waals surface area contributed by atoms with Crippen molar-refractivity contribution >= 4 is 253 Å². The van der Waals surface area contributed by atoms with E-state index < -0.39 is 0 Å². The number of rotatable bonds is 9. The van der Waals surface area contributed by atoms with Crippen molar-refractivity contribution in [2.75, 3.05) is 0 Å². The average molecular weight is 1640 g/mol. The summed E-state index contributed by atoms with van der Waals surface area (Å²) in [5, 5.41) is -2.20.